The molecular formula is C12H11BrS. The van der Waals surface area contributed by atoms with Crippen LogP contribution < -0.4 is 0 Å². The molecule has 2 rings (SSSR count). The van der Waals surface area contributed by atoms with Gasteiger partial charge in [-0.3, -0.25) is 0 Å². The van der Waals surface area contributed by atoms with E-state index in [1.165, 1.54) is 0 Å². The van der Waals surface area contributed by atoms with Crippen molar-refractivity contribution in [3.63, 3.8) is 0 Å². The number of hydrogen-bond acceptors (Lipinski definition) is 1. The quantitative estimate of drug-likeness (QED) is 0.671. The lowest BCUT2D eigenvalue weighted by atomic mass is 10.4. The fourth-order valence-electron chi connectivity index (χ4n) is 0.843. The lowest BCUT2D eigenvalue weighted by Crippen LogP contribution is -1.56. The van der Waals surface area contributed by atoms with Crippen LogP contribution in [0.2, 0.25) is 0 Å². The highest BCUT2D eigenvalue weighted by Gasteiger charge is 1.74. The van der Waals surface area contributed by atoms with Crippen molar-refractivity contribution >= 4 is 28.6 Å². The Balaban J connectivity index is 0.000000140. The van der Waals surface area contributed by atoms with E-state index in [1.54, 1.807) is 0 Å². The summed E-state index contributed by atoms with van der Waals surface area (Å²) in [6, 6.07) is 19.8. The van der Waals surface area contributed by atoms with E-state index in [1.807, 2.05) is 60.7 Å². The van der Waals surface area contributed by atoms with E-state index in [2.05, 4.69) is 28.6 Å². The molecule has 0 aliphatic rings. The second-order valence-corrected chi connectivity index (χ2v) is 4.06. The highest BCUT2D eigenvalue weighted by Crippen LogP contribution is 2.05. The predicted molar refractivity (Wildman–Crippen MR) is 67.8 cm³/mol. The molecule has 0 bridgehead atoms. The Hall–Kier alpha value is -0.730. The summed E-state index contributed by atoms with van der Waals surface area (Å²) in [6.45, 7) is 0. The number of thiol groups is 1. The molecule has 0 spiro atoms. The topological polar surface area (TPSA) is 0 Å². The van der Waals surface area contributed by atoms with Gasteiger partial charge in [-0.25, -0.2) is 0 Å². The van der Waals surface area contributed by atoms with E-state index in [0.717, 1.165) is 9.37 Å². The fourth-order valence-corrected chi connectivity index (χ4v) is 1.32. The molecule has 0 aliphatic carbocycles. The Bertz CT molecular complexity index is 308. The summed E-state index contributed by atoms with van der Waals surface area (Å²) >= 11 is 7.40. The summed E-state index contributed by atoms with van der Waals surface area (Å²) in [5, 5.41) is 0. The third-order valence-corrected chi connectivity index (χ3v) is 2.32. The van der Waals surface area contributed by atoms with Gasteiger partial charge in [-0.05, 0) is 24.3 Å². The van der Waals surface area contributed by atoms with Gasteiger partial charge in [0.15, 0.2) is 0 Å². The first-order chi connectivity index (χ1) is 6.79. The molecule has 0 aromatic heterocycles. The van der Waals surface area contributed by atoms with Gasteiger partial charge in [-0.15, -0.1) is 12.6 Å². The van der Waals surface area contributed by atoms with Crippen molar-refractivity contribution < 1.29 is 0 Å². The van der Waals surface area contributed by atoms with Crippen molar-refractivity contribution in [2.45, 2.75) is 4.90 Å². The molecule has 0 radical (unpaired) electrons. The molecule has 0 aliphatic heterocycles. The molecule has 0 fully saturated rings. The van der Waals surface area contributed by atoms with Crippen LogP contribution in [0.1, 0.15) is 0 Å². The Morgan fingerprint density at radius 1 is 0.714 bits per heavy atom. The summed E-state index contributed by atoms with van der Waals surface area (Å²) in [5.41, 5.74) is 0. The van der Waals surface area contributed by atoms with Crippen LogP contribution in [-0.4, -0.2) is 0 Å². The van der Waals surface area contributed by atoms with Gasteiger partial charge in [0.05, 0.1) is 0 Å². The standard InChI is InChI=1S/C6H5Br.C6H6S/c2*7-6-4-2-1-3-5-6/h1-5H;1-5,7H. The second-order valence-electron chi connectivity index (χ2n) is 2.63. The van der Waals surface area contributed by atoms with Crippen molar-refractivity contribution in [2.75, 3.05) is 0 Å². The summed E-state index contributed by atoms with van der Waals surface area (Å²) in [5.74, 6) is 0. The Kier molecular flexibility index (Phi) is 5.42. The van der Waals surface area contributed by atoms with Gasteiger partial charge >= 0.3 is 0 Å². The molecule has 2 aromatic carbocycles. The van der Waals surface area contributed by atoms with Crippen LogP contribution in [0.4, 0.5) is 0 Å². The van der Waals surface area contributed by atoms with Crippen molar-refractivity contribution in [3.05, 3.63) is 65.1 Å². The minimum Gasteiger partial charge on any atom is -0.143 e. The third-order valence-electron chi connectivity index (χ3n) is 1.49. The molecule has 0 amide bonds. The SMILES string of the molecule is Brc1ccccc1.Sc1ccccc1. The smallest absolute Gasteiger partial charge is 0.0175 e. The molecule has 0 saturated heterocycles. The molecular weight excluding hydrogens is 256 g/mol. The Morgan fingerprint density at radius 3 is 1.36 bits per heavy atom. The third kappa shape index (κ3) is 5.10. The average molecular weight is 267 g/mol. The van der Waals surface area contributed by atoms with Gasteiger partial charge in [0.2, 0.25) is 0 Å². The van der Waals surface area contributed by atoms with Crippen LogP contribution in [0.5, 0.6) is 0 Å². The van der Waals surface area contributed by atoms with Crippen LogP contribution in [0, 0.1) is 0 Å². The van der Waals surface area contributed by atoms with Gasteiger partial charge in [0, 0.05) is 9.37 Å². The first-order valence-electron chi connectivity index (χ1n) is 4.23. The van der Waals surface area contributed by atoms with Crippen LogP contribution in [-0.2, 0) is 0 Å². The van der Waals surface area contributed by atoms with E-state index in [0.29, 0.717) is 0 Å². The first kappa shape index (κ1) is 11.3. The van der Waals surface area contributed by atoms with Gasteiger partial charge in [0.1, 0.15) is 0 Å². The molecule has 14 heavy (non-hydrogen) atoms. The molecule has 2 aromatic rings. The zero-order valence-corrected chi connectivity index (χ0v) is 10.1. The number of rotatable bonds is 0. The van der Waals surface area contributed by atoms with Crippen molar-refractivity contribution in [1.29, 1.82) is 0 Å². The molecule has 2 heteroatoms. The van der Waals surface area contributed by atoms with Crippen molar-refractivity contribution in [2.24, 2.45) is 0 Å². The maximum Gasteiger partial charge on any atom is 0.0175 e. The van der Waals surface area contributed by atoms with Gasteiger partial charge in [-0.2, -0.15) is 0 Å². The summed E-state index contributed by atoms with van der Waals surface area (Å²) in [7, 11) is 0. The highest BCUT2D eigenvalue weighted by atomic mass is 79.9. The second kappa shape index (κ2) is 6.68. The Labute approximate surface area is 98.5 Å². The van der Waals surface area contributed by atoms with E-state index in [-0.39, 0.29) is 0 Å². The zero-order valence-electron chi connectivity index (χ0n) is 7.60. The average Bonchev–Trinajstić information content (AvgIpc) is 2.21. The van der Waals surface area contributed by atoms with Crippen molar-refractivity contribution in [1.82, 2.24) is 0 Å². The maximum absolute atomic E-state index is 4.08. The number of halogens is 1. The zero-order chi connectivity index (χ0) is 10.2. The molecule has 72 valence electrons. The van der Waals surface area contributed by atoms with Crippen molar-refractivity contribution in [3.8, 4) is 0 Å². The minimum atomic E-state index is 1.02. The highest BCUT2D eigenvalue weighted by molar-refractivity contribution is 9.10. The van der Waals surface area contributed by atoms with E-state index in [9.17, 15) is 0 Å². The van der Waals surface area contributed by atoms with Crippen LogP contribution in [0.15, 0.2) is 70.0 Å². The predicted octanol–water partition coefficient (Wildman–Crippen LogP) is 4.42. The lowest BCUT2D eigenvalue weighted by molar-refractivity contribution is 1.48. The Morgan fingerprint density at radius 2 is 1.14 bits per heavy atom. The summed E-state index contributed by atoms with van der Waals surface area (Å²) in [4.78, 5) is 1.02. The normalized spacial score (nSPS) is 8.71. The number of benzene rings is 2. The fraction of sp³-hybridized carbons (Fsp3) is 0. The maximum atomic E-state index is 4.08. The summed E-state index contributed by atoms with van der Waals surface area (Å²) < 4.78 is 1.13. The van der Waals surface area contributed by atoms with Gasteiger partial charge < -0.3 is 0 Å². The molecule has 0 heterocycles. The molecule has 0 unspecified atom stereocenters. The van der Waals surface area contributed by atoms with Gasteiger partial charge in [-0.1, -0.05) is 52.3 Å². The van der Waals surface area contributed by atoms with Crippen LogP contribution >= 0.6 is 28.6 Å². The molecule has 0 atom stereocenters. The lowest BCUT2D eigenvalue weighted by Gasteiger charge is -1.81. The molecule has 0 N–H and O–H groups in total. The largest absolute Gasteiger partial charge is 0.143 e. The first-order valence-corrected chi connectivity index (χ1v) is 5.47. The van der Waals surface area contributed by atoms with Crippen LogP contribution in [0.25, 0.3) is 0 Å². The molecule has 0 saturated carbocycles. The van der Waals surface area contributed by atoms with Crippen LogP contribution in [0.3, 0.4) is 0 Å². The summed E-state index contributed by atoms with van der Waals surface area (Å²) in [6.07, 6.45) is 0. The van der Waals surface area contributed by atoms with Gasteiger partial charge in [0.25, 0.3) is 0 Å². The van der Waals surface area contributed by atoms with E-state index < -0.39 is 0 Å². The minimum absolute atomic E-state index is 1.02. The van der Waals surface area contributed by atoms with E-state index >= 15 is 0 Å². The molecule has 0 nitrogen and oxygen atoms in total. The monoisotopic (exact) mass is 266 g/mol. The number of hydrogen-bond donors (Lipinski definition) is 1. The van der Waals surface area contributed by atoms with E-state index in [4.69, 9.17) is 0 Å².